The maximum absolute atomic E-state index is 13.5. The molecule has 156 valence electrons. The Bertz CT molecular complexity index is 844. The Labute approximate surface area is 168 Å². The van der Waals surface area contributed by atoms with Crippen LogP contribution in [0.25, 0.3) is 0 Å². The van der Waals surface area contributed by atoms with Crippen LogP contribution in [-0.4, -0.2) is 48.7 Å². The average molecular weight is 406 g/mol. The molecule has 1 saturated heterocycles. The molecule has 0 aliphatic carbocycles. The van der Waals surface area contributed by atoms with Gasteiger partial charge in [0.1, 0.15) is 24.1 Å². The fourth-order valence-corrected chi connectivity index (χ4v) is 3.02. The molecule has 2 heterocycles. The van der Waals surface area contributed by atoms with E-state index in [0.717, 1.165) is 43.9 Å². The van der Waals surface area contributed by atoms with E-state index in [-0.39, 0.29) is 25.5 Å². The van der Waals surface area contributed by atoms with E-state index in [4.69, 9.17) is 9.47 Å². The Morgan fingerprint density at radius 1 is 1.14 bits per heavy atom. The number of halogens is 2. The molecule has 0 spiro atoms. The Balaban J connectivity index is 1.41. The van der Waals surface area contributed by atoms with Crippen molar-refractivity contribution in [2.45, 2.75) is 26.2 Å². The largest absolute Gasteiger partial charge is 0.481 e. The van der Waals surface area contributed by atoms with Crippen molar-refractivity contribution in [2.75, 3.05) is 37.7 Å². The van der Waals surface area contributed by atoms with Crippen molar-refractivity contribution in [3.63, 3.8) is 0 Å². The quantitative estimate of drug-likeness (QED) is 0.680. The van der Waals surface area contributed by atoms with Crippen LogP contribution < -0.4 is 19.7 Å². The number of amides is 1. The highest BCUT2D eigenvalue weighted by Gasteiger charge is 2.14. The number of aryl methyl sites for hydroxylation is 1. The molecule has 9 heteroatoms. The van der Waals surface area contributed by atoms with E-state index in [1.165, 1.54) is 6.42 Å². The molecule has 0 saturated carbocycles. The Kier molecular flexibility index (Phi) is 7.15. The van der Waals surface area contributed by atoms with E-state index in [9.17, 15) is 13.6 Å². The number of benzene rings is 1. The van der Waals surface area contributed by atoms with Crippen molar-refractivity contribution in [1.82, 2.24) is 15.3 Å². The van der Waals surface area contributed by atoms with E-state index in [0.29, 0.717) is 17.8 Å². The number of piperidine rings is 1. The summed E-state index contributed by atoms with van der Waals surface area (Å²) in [5, 5.41) is 2.61. The Morgan fingerprint density at radius 2 is 1.93 bits per heavy atom. The predicted octanol–water partition coefficient (Wildman–Crippen LogP) is 2.63. The lowest BCUT2D eigenvalue weighted by Gasteiger charge is -2.28. The van der Waals surface area contributed by atoms with Gasteiger partial charge in [-0.3, -0.25) is 4.79 Å². The summed E-state index contributed by atoms with van der Waals surface area (Å²) in [6, 6.07) is 4.70. The minimum absolute atomic E-state index is 0.181. The molecular formula is C20H24F2N4O3. The standard InChI is InChI=1S/C20H24F2N4O3/c1-14-24-18(26-8-3-2-4-9-26)12-20(25-14)28-10-7-23-19(27)13-29-17-6-5-15(21)11-16(17)22/h5-6,11-12H,2-4,7-10,13H2,1H3,(H,23,27). The van der Waals surface area contributed by atoms with Gasteiger partial charge in [-0.1, -0.05) is 0 Å². The van der Waals surface area contributed by atoms with Gasteiger partial charge in [0.2, 0.25) is 5.88 Å². The van der Waals surface area contributed by atoms with Crippen molar-refractivity contribution in [3.8, 4) is 11.6 Å². The highest BCUT2D eigenvalue weighted by atomic mass is 19.1. The molecule has 3 rings (SSSR count). The van der Waals surface area contributed by atoms with Crippen LogP contribution >= 0.6 is 0 Å². The minimum Gasteiger partial charge on any atom is -0.481 e. The van der Waals surface area contributed by atoms with Gasteiger partial charge >= 0.3 is 0 Å². The molecular weight excluding hydrogens is 382 g/mol. The van der Waals surface area contributed by atoms with Gasteiger partial charge in [0.25, 0.3) is 5.91 Å². The summed E-state index contributed by atoms with van der Waals surface area (Å²) in [5.41, 5.74) is 0. The molecule has 0 radical (unpaired) electrons. The monoisotopic (exact) mass is 406 g/mol. The summed E-state index contributed by atoms with van der Waals surface area (Å²) in [4.78, 5) is 22.8. The van der Waals surface area contributed by atoms with E-state index >= 15 is 0 Å². The van der Waals surface area contributed by atoms with Crippen LogP contribution in [0.1, 0.15) is 25.1 Å². The first kappa shape index (κ1) is 20.8. The van der Waals surface area contributed by atoms with Crippen LogP contribution in [0.15, 0.2) is 24.3 Å². The molecule has 2 aromatic rings. The lowest BCUT2D eigenvalue weighted by Crippen LogP contribution is -2.32. The molecule has 0 unspecified atom stereocenters. The number of rotatable bonds is 8. The summed E-state index contributed by atoms with van der Waals surface area (Å²) in [6.07, 6.45) is 3.53. The molecule has 0 bridgehead atoms. The molecule has 0 atom stereocenters. The number of aromatic nitrogens is 2. The normalized spacial score (nSPS) is 13.8. The summed E-state index contributed by atoms with van der Waals surface area (Å²) >= 11 is 0. The second-order valence-corrected chi connectivity index (χ2v) is 6.72. The molecule has 1 aromatic carbocycles. The van der Waals surface area contributed by atoms with Crippen LogP contribution in [0.3, 0.4) is 0 Å². The van der Waals surface area contributed by atoms with Gasteiger partial charge in [0, 0.05) is 25.2 Å². The van der Waals surface area contributed by atoms with E-state index < -0.39 is 17.5 Å². The van der Waals surface area contributed by atoms with Gasteiger partial charge in [0.05, 0.1) is 6.54 Å². The van der Waals surface area contributed by atoms with Crippen molar-refractivity contribution in [2.24, 2.45) is 0 Å². The first-order valence-electron chi connectivity index (χ1n) is 9.59. The van der Waals surface area contributed by atoms with Gasteiger partial charge in [-0.05, 0) is 38.3 Å². The highest BCUT2D eigenvalue weighted by Crippen LogP contribution is 2.21. The molecule has 1 fully saturated rings. The van der Waals surface area contributed by atoms with Gasteiger partial charge in [0.15, 0.2) is 18.2 Å². The third-order valence-electron chi connectivity index (χ3n) is 4.41. The zero-order valence-corrected chi connectivity index (χ0v) is 16.3. The van der Waals surface area contributed by atoms with Crippen LogP contribution in [0, 0.1) is 18.6 Å². The average Bonchev–Trinajstić information content (AvgIpc) is 2.71. The maximum Gasteiger partial charge on any atom is 0.258 e. The summed E-state index contributed by atoms with van der Waals surface area (Å²) in [6.45, 7) is 3.83. The third kappa shape index (κ3) is 6.27. The molecule has 1 N–H and O–H groups in total. The number of carbonyl (C=O) groups excluding carboxylic acids is 1. The topological polar surface area (TPSA) is 76.6 Å². The van der Waals surface area contributed by atoms with Crippen molar-refractivity contribution in [1.29, 1.82) is 0 Å². The van der Waals surface area contributed by atoms with Gasteiger partial charge < -0.3 is 19.7 Å². The van der Waals surface area contributed by atoms with Crippen molar-refractivity contribution in [3.05, 3.63) is 41.7 Å². The van der Waals surface area contributed by atoms with Crippen LogP contribution in [0.2, 0.25) is 0 Å². The zero-order chi connectivity index (χ0) is 20.6. The highest BCUT2D eigenvalue weighted by molar-refractivity contribution is 5.77. The number of ether oxygens (including phenoxy) is 2. The molecule has 1 aliphatic heterocycles. The van der Waals surface area contributed by atoms with Crippen LogP contribution in [-0.2, 0) is 4.79 Å². The Morgan fingerprint density at radius 3 is 2.69 bits per heavy atom. The van der Waals surface area contributed by atoms with Gasteiger partial charge in [-0.15, -0.1) is 0 Å². The zero-order valence-electron chi connectivity index (χ0n) is 16.3. The number of carbonyl (C=O) groups is 1. The van der Waals surface area contributed by atoms with Crippen molar-refractivity contribution < 1.29 is 23.0 Å². The number of hydrogen-bond acceptors (Lipinski definition) is 6. The SMILES string of the molecule is Cc1nc(OCCNC(=O)COc2ccc(F)cc2F)cc(N2CCCCC2)n1. The number of nitrogens with zero attached hydrogens (tertiary/aromatic N) is 3. The maximum atomic E-state index is 13.5. The van der Waals surface area contributed by atoms with Crippen LogP contribution in [0.5, 0.6) is 11.6 Å². The molecule has 1 amide bonds. The summed E-state index contributed by atoms with van der Waals surface area (Å²) in [7, 11) is 0. The minimum atomic E-state index is -0.857. The van der Waals surface area contributed by atoms with E-state index in [1.807, 2.05) is 6.92 Å². The lowest BCUT2D eigenvalue weighted by molar-refractivity contribution is -0.123. The lowest BCUT2D eigenvalue weighted by atomic mass is 10.1. The first-order chi connectivity index (χ1) is 14.0. The number of hydrogen-bond donors (Lipinski definition) is 1. The molecule has 29 heavy (non-hydrogen) atoms. The fraction of sp³-hybridized carbons (Fsp3) is 0.450. The third-order valence-corrected chi connectivity index (χ3v) is 4.41. The molecule has 1 aromatic heterocycles. The number of nitrogens with one attached hydrogen (secondary N) is 1. The summed E-state index contributed by atoms with van der Waals surface area (Å²) < 4.78 is 37.0. The number of anilines is 1. The first-order valence-corrected chi connectivity index (χ1v) is 9.59. The summed E-state index contributed by atoms with van der Waals surface area (Å²) in [5.74, 6) is -0.251. The second kappa shape index (κ2) is 9.99. The predicted molar refractivity (Wildman–Crippen MR) is 103 cm³/mol. The Hall–Kier alpha value is -2.97. The second-order valence-electron chi connectivity index (χ2n) is 6.72. The van der Waals surface area contributed by atoms with Gasteiger partial charge in [-0.25, -0.2) is 13.8 Å². The van der Waals surface area contributed by atoms with Gasteiger partial charge in [-0.2, -0.15) is 4.98 Å². The van der Waals surface area contributed by atoms with Crippen LogP contribution in [0.4, 0.5) is 14.6 Å². The molecule has 1 aliphatic rings. The van der Waals surface area contributed by atoms with Crippen molar-refractivity contribution >= 4 is 11.7 Å². The smallest absolute Gasteiger partial charge is 0.258 e. The van der Waals surface area contributed by atoms with E-state index in [2.05, 4.69) is 20.2 Å². The van der Waals surface area contributed by atoms with E-state index in [1.54, 1.807) is 6.07 Å². The molecule has 7 nitrogen and oxygen atoms in total. The fourth-order valence-electron chi connectivity index (χ4n) is 3.02.